The van der Waals surface area contributed by atoms with Gasteiger partial charge in [-0.2, -0.15) is 8.42 Å². The Morgan fingerprint density at radius 1 is 0.897 bits per heavy atom. The SMILES string of the molecule is O=C(CS(=O)(=O)c1ccc2c(c1)OC(c1ccccc1)(c1ccccc1)O2)N1CCC2C1C(=O)N2S(=O)(=O)O. The molecular weight excluding hydrogens is 548 g/mol. The van der Waals surface area contributed by atoms with Gasteiger partial charge in [-0.25, -0.2) is 12.7 Å². The first-order chi connectivity index (χ1) is 18.5. The van der Waals surface area contributed by atoms with E-state index in [4.69, 9.17) is 9.47 Å². The first-order valence-electron chi connectivity index (χ1n) is 12.0. The molecule has 0 radical (unpaired) electrons. The standard InChI is InChI=1S/C26H22N2O9S2/c29-23(27-14-13-20-24(27)25(30)28(20)39(33,34)35)16-38(31,32)19-11-12-21-22(15-19)37-26(36-21,17-7-3-1-4-8-17)18-9-5-2-6-10-18/h1-12,15,20,24H,13-14,16H2,(H,33,34,35). The summed E-state index contributed by atoms with van der Waals surface area (Å²) < 4.78 is 71.4. The minimum Gasteiger partial charge on any atom is -0.440 e. The van der Waals surface area contributed by atoms with Crippen LogP contribution in [0.25, 0.3) is 0 Å². The lowest BCUT2D eigenvalue weighted by atomic mass is 9.97. The number of likely N-dealkylation sites (tertiary alicyclic amines) is 1. The molecule has 202 valence electrons. The third kappa shape index (κ3) is 4.04. The van der Waals surface area contributed by atoms with Crippen molar-refractivity contribution in [2.24, 2.45) is 0 Å². The number of amides is 2. The number of β-lactam (4-membered cyclic amide) rings is 1. The van der Waals surface area contributed by atoms with E-state index in [2.05, 4.69) is 0 Å². The van der Waals surface area contributed by atoms with E-state index in [1.165, 1.54) is 18.2 Å². The van der Waals surface area contributed by atoms with Crippen LogP contribution in [0.2, 0.25) is 0 Å². The van der Waals surface area contributed by atoms with Crippen molar-refractivity contribution in [3.05, 3.63) is 90.0 Å². The van der Waals surface area contributed by atoms with Crippen LogP contribution in [0, 0.1) is 0 Å². The third-order valence-electron chi connectivity index (χ3n) is 7.11. The Morgan fingerprint density at radius 3 is 2.08 bits per heavy atom. The summed E-state index contributed by atoms with van der Waals surface area (Å²) in [4.78, 5) is 26.1. The molecule has 3 aliphatic rings. The van der Waals surface area contributed by atoms with Gasteiger partial charge < -0.3 is 14.4 Å². The topological polar surface area (TPSA) is 148 Å². The Morgan fingerprint density at radius 2 is 1.49 bits per heavy atom. The molecule has 3 aromatic rings. The molecule has 1 N–H and O–H groups in total. The molecular formula is C26H22N2O9S2. The minimum atomic E-state index is -4.75. The molecule has 0 aromatic heterocycles. The lowest BCUT2D eigenvalue weighted by Crippen LogP contribution is -2.68. The largest absolute Gasteiger partial charge is 0.440 e. The molecule has 13 heteroatoms. The Kier molecular flexibility index (Phi) is 5.72. The van der Waals surface area contributed by atoms with Gasteiger partial charge in [0.05, 0.1) is 10.9 Å². The fourth-order valence-corrected chi connectivity index (χ4v) is 7.44. The van der Waals surface area contributed by atoms with Crippen LogP contribution in [0.15, 0.2) is 83.8 Å². The molecule has 3 aromatic carbocycles. The highest BCUT2D eigenvalue weighted by Gasteiger charge is 2.60. The average Bonchev–Trinajstić information content (AvgIpc) is 3.48. The third-order valence-corrected chi connectivity index (χ3v) is 9.66. The number of hydrogen-bond donors (Lipinski definition) is 1. The molecule has 0 spiro atoms. The van der Waals surface area contributed by atoms with Gasteiger partial charge in [0.25, 0.3) is 5.91 Å². The molecule has 2 unspecified atom stereocenters. The normalized spacial score (nSPS) is 21.4. The maximum absolute atomic E-state index is 13.2. The fourth-order valence-electron chi connectivity index (χ4n) is 5.32. The predicted octanol–water partition coefficient (Wildman–Crippen LogP) is 1.75. The highest BCUT2D eigenvalue weighted by Crippen LogP contribution is 2.48. The summed E-state index contributed by atoms with van der Waals surface area (Å²) in [5.41, 5.74) is 1.39. The molecule has 2 saturated heterocycles. The van der Waals surface area contributed by atoms with E-state index in [0.717, 1.165) is 4.90 Å². The molecule has 0 saturated carbocycles. The van der Waals surface area contributed by atoms with Crippen LogP contribution in [0.4, 0.5) is 0 Å². The zero-order valence-electron chi connectivity index (χ0n) is 20.2. The molecule has 2 fully saturated rings. The summed E-state index contributed by atoms with van der Waals surface area (Å²) in [6, 6.07) is 20.4. The van der Waals surface area contributed by atoms with Crippen LogP contribution in [0.5, 0.6) is 11.5 Å². The molecule has 2 amide bonds. The van der Waals surface area contributed by atoms with E-state index in [0.29, 0.717) is 21.2 Å². The Hall–Kier alpha value is -3.94. The van der Waals surface area contributed by atoms with Crippen molar-refractivity contribution >= 4 is 32.0 Å². The number of hydrogen-bond acceptors (Lipinski definition) is 8. The summed E-state index contributed by atoms with van der Waals surface area (Å²) in [7, 11) is -8.93. The zero-order valence-corrected chi connectivity index (χ0v) is 21.8. The van der Waals surface area contributed by atoms with Gasteiger partial charge in [0.15, 0.2) is 21.3 Å². The second-order valence-electron chi connectivity index (χ2n) is 9.42. The van der Waals surface area contributed by atoms with Crippen LogP contribution in [0.3, 0.4) is 0 Å². The van der Waals surface area contributed by atoms with Crippen molar-refractivity contribution in [3.8, 4) is 11.5 Å². The van der Waals surface area contributed by atoms with Crippen LogP contribution >= 0.6 is 0 Å². The lowest BCUT2D eigenvalue weighted by Gasteiger charge is -2.42. The van der Waals surface area contributed by atoms with Crippen molar-refractivity contribution in [1.82, 2.24) is 9.21 Å². The number of nitrogens with zero attached hydrogens (tertiary/aromatic N) is 2. The van der Waals surface area contributed by atoms with Gasteiger partial charge in [-0.15, -0.1) is 0 Å². The van der Waals surface area contributed by atoms with E-state index < -0.39 is 55.6 Å². The highest BCUT2D eigenvalue weighted by molar-refractivity contribution is 7.92. The van der Waals surface area contributed by atoms with Gasteiger partial charge >= 0.3 is 16.1 Å². The molecule has 2 atom stereocenters. The number of carbonyl (C=O) groups is 2. The molecule has 0 aliphatic carbocycles. The number of carbonyl (C=O) groups excluding carboxylic acids is 2. The second-order valence-corrected chi connectivity index (χ2v) is 12.7. The van der Waals surface area contributed by atoms with Crippen molar-refractivity contribution in [1.29, 1.82) is 0 Å². The maximum Gasteiger partial charge on any atom is 0.362 e. The molecule has 39 heavy (non-hydrogen) atoms. The summed E-state index contributed by atoms with van der Waals surface area (Å²) in [5.74, 6) is -3.59. The van der Waals surface area contributed by atoms with Gasteiger partial charge in [0.1, 0.15) is 11.8 Å². The monoisotopic (exact) mass is 570 g/mol. The van der Waals surface area contributed by atoms with E-state index >= 15 is 0 Å². The molecule has 3 heterocycles. The Bertz CT molecular complexity index is 1650. The van der Waals surface area contributed by atoms with Gasteiger partial charge in [0, 0.05) is 23.7 Å². The first-order valence-corrected chi connectivity index (χ1v) is 15.0. The Labute approximate surface area is 224 Å². The van der Waals surface area contributed by atoms with Crippen molar-refractivity contribution < 1.29 is 40.5 Å². The second kappa shape index (κ2) is 8.79. The number of benzene rings is 3. The van der Waals surface area contributed by atoms with Crippen molar-refractivity contribution in [3.63, 3.8) is 0 Å². The van der Waals surface area contributed by atoms with Gasteiger partial charge in [-0.3, -0.25) is 14.1 Å². The van der Waals surface area contributed by atoms with E-state index in [9.17, 15) is 31.0 Å². The minimum absolute atomic E-state index is 0.0146. The molecule has 6 rings (SSSR count). The number of sulfone groups is 1. The summed E-state index contributed by atoms with van der Waals surface area (Å²) in [6.07, 6.45) is 0.104. The lowest BCUT2D eigenvalue weighted by molar-refractivity contribution is -0.150. The Balaban J connectivity index is 1.25. The van der Waals surface area contributed by atoms with E-state index in [1.54, 1.807) is 0 Å². The molecule has 3 aliphatic heterocycles. The highest BCUT2D eigenvalue weighted by atomic mass is 32.2. The summed E-state index contributed by atoms with van der Waals surface area (Å²) in [6.45, 7) is -0.0146. The van der Waals surface area contributed by atoms with Crippen molar-refractivity contribution in [2.45, 2.75) is 29.2 Å². The van der Waals surface area contributed by atoms with Gasteiger partial charge in [-0.1, -0.05) is 60.7 Å². The van der Waals surface area contributed by atoms with E-state index in [-0.39, 0.29) is 23.6 Å². The van der Waals surface area contributed by atoms with E-state index in [1.807, 2.05) is 60.7 Å². The predicted molar refractivity (Wildman–Crippen MR) is 136 cm³/mol. The van der Waals surface area contributed by atoms with Crippen LogP contribution < -0.4 is 9.47 Å². The maximum atomic E-state index is 13.2. The quantitative estimate of drug-likeness (QED) is 0.346. The summed E-state index contributed by atoms with van der Waals surface area (Å²) >= 11 is 0. The first kappa shape index (κ1) is 25.3. The number of fused-ring (bicyclic) bond motifs is 2. The van der Waals surface area contributed by atoms with Crippen LogP contribution in [-0.4, -0.2) is 66.8 Å². The summed E-state index contributed by atoms with van der Waals surface area (Å²) in [5, 5.41) is 0. The van der Waals surface area contributed by atoms with Crippen LogP contribution in [-0.2, 0) is 35.5 Å². The van der Waals surface area contributed by atoms with Gasteiger partial charge in [0.2, 0.25) is 5.91 Å². The smallest absolute Gasteiger partial charge is 0.362 e. The molecule has 0 bridgehead atoms. The van der Waals surface area contributed by atoms with Crippen molar-refractivity contribution in [2.75, 3.05) is 12.3 Å². The van der Waals surface area contributed by atoms with Gasteiger partial charge in [-0.05, 0) is 18.6 Å². The average molecular weight is 571 g/mol. The number of ether oxygens (including phenoxy) is 2. The fraction of sp³-hybridized carbons (Fsp3) is 0.231. The zero-order chi connectivity index (χ0) is 27.6. The molecule has 11 nitrogen and oxygen atoms in total. The van der Waals surface area contributed by atoms with Crippen LogP contribution in [0.1, 0.15) is 17.5 Å². The number of rotatable bonds is 6.